The molecule has 0 bridgehead atoms. The van der Waals surface area contributed by atoms with Gasteiger partial charge >= 0.3 is 6.09 Å². The molecule has 0 aliphatic heterocycles. The maximum atomic E-state index is 11.0. The maximum absolute atomic E-state index is 11.0. The monoisotopic (exact) mass is 266 g/mol. The molecule has 2 rings (SSSR count). The van der Waals surface area contributed by atoms with Gasteiger partial charge in [-0.25, -0.2) is 9.48 Å². The summed E-state index contributed by atoms with van der Waals surface area (Å²) in [4.78, 5) is 16.1. The first-order chi connectivity index (χ1) is 8.63. The van der Waals surface area contributed by atoms with Crippen LogP contribution in [0.2, 0.25) is 5.15 Å². The van der Waals surface area contributed by atoms with Gasteiger partial charge in [0.15, 0.2) is 5.15 Å². The summed E-state index contributed by atoms with van der Waals surface area (Å²) in [5.41, 5.74) is 1.07. The van der Waals surface area contributed by atoms with Crippen molar-refractivity contribution in [2.75, 3.05) is 11.4 Å². The van der Waals surface area contributed by atoms with Crippen molar-refractivity contribution in [2.45, 2.75) is 6.92 Å². The Morgan fingerprint density at radius 1 is 1.61 bits per heavy atom. The number of carboxylic acid groups (broad SMARTS) is 1. The van der Waals surface area contributed by atoms with Crippen molar-refractivity contribution in [1.82, 2.24) is 14.8 Å². The number of anilines is 1. The molecule has 0 radical (unpaired) electrons. The molecular formula is C11H11ClN4O2. The molecule has 0 atom stereocenters. The minimum atomic E-state index is -1.06. The van der Waals surface area contributed by atoms with Crippen LogP contribution in [0.3, 0.4) is 0 Å². The highest BCUT2D eigenvalue weighted by molar-refractivity contribution is 6.32. The van der Waals surface area contributed by atoms with Gasteiger partial charge in [0.1, 0.15) is 5.69 Å². The number of aromatic nitrogens is 3. The first-order valence-electron chi connectivity index (χ1n) is 5.29. The van der Waals surface area contributed by atoms with Crippen LogP contribution in [-0.4, -0.2) is 32.5 Å². The van der Waals surface area contributed by atoms with Crippen molar-refractivity contribution in [3.8, 4) is 5.69 Å². The van der Waals surface area contributed by atoms with Gasteiger partial charge in [-0.1, -0.05) is 11.6 Å². The van der Waals surface area contributed by atoms with Crippen LogP contribution in [0.25, 0.3) is 5.69 Å². The molecule has 0 unspecified atom stereocenters. The predicted octanol–water partition coefficient (Wildman–Crippen LogP) is 2.43. The second kappa shape index (κ2) is 5.05. The van der Waals surface area contributed by atoms with E-state index in [1.165, 1.54) is 4.68 Å². The van der Waals surface area contributed by atoms with E-state index in [9.17, 15) is 4.79 Å². The largest absolute Gasteiger partial charge is 0.465 e. The molecule has 0 aliphatic rings. The van der Waals surface area contributed by atoms with E-state index in [0.29, 0.717) is 17.9 Å². The van der Waals surface area contributed by atoms with Crippen LogP contribution < -0.4 is 4.90 Å². The fourth-order valence-corrected chi connectivity index (χ4v) is 1.79. The molecule has 2 aromatic heterocycles. The number of hydrogen-bond acceptors (Lipinski definition) is 3. The highest BCUT2D eigenvalue weighted by atomic mass is 35.5. The number of amides is 1. The lowest BCUT2D eigenvalue weighted by Crippen LogP contribution is -2.28. The van der Waals surface area contributed by atoms with Crippen LogP contribution >= 0.6 is 11.6 Å². The molecule has 2 aromatic rings. The number of pyridine rings is 1. The lowest BCUT2D eigenvalue weighted by molar-refractivity contribution is 0.202. The Morgan fingerprint density at radius 2 is 2.39 bits per heavy atom. The highest BCUT2D eigenvalue weighted by Gasteiger charge is 2.19. The summed E-state index contributed by atoms with van der Waals surface area (Å²) >= 11 is 5.96. The molecule has 0 spiro atoms. The molecule has 18 heavy (non-hydrogen) atoms. The highest BCUT2D eigenvalue weighted by Crippen LogP contribution is 2.25. The molecule has 1 N–H and O–H groups in total. The summed E-state index contributed by atoms with van der Waals surface area (Å²) < 4.78 is 1.50. The Labute approximate surface area is 108 Å². The van der Waals surface area contributed by atoms with Crippen molar-refractivity contribution in [3.63, 3.8) is 0 Å². The zero-order chi connectivity index (χ0) is 13.1. The number of halogens is 1. The van der Waals surface area contributed by atoms with Gasteiger partial charge in [-0.15, -0.1) is 0 Å². The van der Waals surface area contributed by atoms with Gasteiger partial charge in [0, 0.05) is 12.7 Å². The van der Waals surface area contributed by atoms with Crippen LogP contribution in [0.15, 0.2) is 30.7 Å². The Morgan fingerprint density at radius 3 is 2.94 bits per heavy atom. The van der Waals surface area contributed by atoms with Crippen molar-refractivity contribution >= 4 is 23.4 Å². The van der Waals surface area contributed by atoms with Crippen LogP contribution in [0.1, 0.15) is 6.92 Å². The van der Waals surface area contributed by atoms with Gasteiger partial charge in [-0.05, 0) is 19.1 Å². The molecule has 2 heterocycles. The number of hydrogen-bond donors (Lipinski definition) is 1. The fourth-order valence-electron chi connectivity index (χ4n) is 1.56. The second-order valence-electron chi connectivity index (χ2n) is 3.49. The summed E-state index contributed by atoms with van der Waals surface area (Å²) in [6, 6.07) is 3.57. The number of nitrogens with zero attached hydrogens (tertiary/aromatic N) is 4. The summed E-state index contributed by atoms with van der Waals surface area (Å²) in [5, 5.41) is 13.3. The molecule has 0 fully saturated rings. The van der Waals surface area contributed by atoms with E-state index in [2.05, 4.69) is 10.1 Å². The van der Waals surface area contributed by atoms with Crippen LogP contribution in [-0.2, 0) is 0 Å². The molecule has 7 heteroatoms. The Hall–Kier alpha value is -2.08. The van der Waals surface area contributed by atoms with Gasteiger partial charge in [0.2, 0.25) is 0 Å². The van der Waals surface area contributed by atoms with Gasteiger partial charge in [-0.2, -0.15) is 5.10 Å². The predicted molar refractivity (Wildman–Crippen MR) is 67.4 cm³/mol. The van der Waals surface area contributed by atoms with Crippen molar-refractivity contribution in [1.29, 1.82) is 0 Å². The molecule has 6 nitrogen and oxygen atoms in total. The number of carbonyl (C=O) groups is 1. The molecule has 94 valence electrons. The van der Waals surface area contributed by atoms with Gasteiger partial charge in [-0.3, -0.25) is 9.88 Å². The number of rotatable bonds is 3. The zero-order valence-electron chi connectivity index (χ0n) is 9.62. The molecular weight excluding hydrogens is 256 g/mol. The maximum Gasteiger partial charge on any atom is 0.411 e. The van der Waals surface area contributed by atoms with E-state index in [4.69, 9.17) is 16.7 Å². The molecule has 0 saturated carbocycles. The average molecular weight is 267 g/mol. The molecule has 0 aromatic carbocycles. The van der Waals surface area contributed by atoms with E-state index < -0.39 is 6.09 Å². The first-order valence-corrected chi connectivity index (χ1v) is 5.67. The van der Waals surface area contributed by atoms with Crippen molar-refractivity contribution in [3.05, 3.63) is 35.9 Å². The van der Waals surface area contributed by atoms with Crippen LogP contribution in [0.5, 0.6) is 0 Å². The van der Waals surface area contributed by atoms with E-state index >= 15 is 0 Å². The smallest absolute Gasteiger partial charge is 0.411 e. The minimum absolute atomic E-state index is 0.142. The molecule has 1 amide bonds. The van der Waals surface area contributed by atoms with E-state index in [1.807, 2.05) is 0 Å². The van der Waals surface area contributed by atoms with Crippen molar-refractivity contribution in [2.24, 2.45) is 0 Å². The molecule has 0 aliphatic carbocycles. The van der Waals surface area contributed by atoms with Crippen LogP contribution in [0, 0.1) is 0 Å². The van der Waals surface area contributed by atoms with Crippen molar-refractivity contribution < 1.29 is 9.90 Å². The summed E-state index contributed by atoms with van der Waals surface area (Å²) in [6.07, 6.45) is 3.76. The third kappa shape index (κ3) is 2.28. The fraction of sp³-hybridized carbons (Fsp3) is 0.182. The van der Waals surface area contributed by atoms with Crippen LogP contribution in [0.4, 0.5) is 10.5 Å². The van der Waals surface area contributed by atoms with E-state index in [-0.39, 0.29) is 5.15 Å². The second-order valence-corrected chi connectivity index (χ2v) is 3.85. The Bertz CT molecular complexity index is 555. The topological polar surface area (TPSA) is 71.2 Å². The lowest BCUT2D eigenvalue weighted by Gasteiger charge is -2.14. The lowest BCUT2D eigenvalue weighted by atomic mass is 10.4. The third-order valence-electron chi connectivity index (χ3n) is 2.40. The quantitative estimate of drug-likeness (QED) is 0.926. The third-order valence-corrected chi connectivity index (χ3v) is 2.67. The van der Waals surface area contributed by atoms with E-state index in [0.717, 1.165) is 4.90 Å². The SMILES string of the molecule is CCN(C(=O)O)c1cn(-c2cccnc2)nc1Cl. The minimum Gasteiger partial charge on any atom is -0.465 e. The summed E-state index contributed by atoms with van der Waals surface area (Å²) in [5.74, 6) is 0. The normalized spacial score (nSPS) is 10.3. The van der Waals surface area contributed by atoms with Gasteiger partial charge < -0.3 is 5.11 Å². The summed E-state index contributed by atoms with van der Waals surface area (Å²) in [7, 11) is 0. The Balaban J connectivity index is 2.41. The average Bonchev–Trinajstić information content (AvgIpc) is 2.73. The first kappa shape index (κ1) is 12.4. The van der Waals surface area contributed by atoms with Gasteiger partial charge in [0.05, 0.1) is 18.1 Å². The van der Waals surface area contributed by atoms with Gasteiger partial charge in [0.25, 0.3) is 0 Å². The summed E-state index contributed by atoms with van der Waals surface area (Å²) in [6.45, 7) is 2.03. The van der Waals surface area contributed by atoms with E-state index in [1.54, 1.807) is 37.6 Å². The Kier molecular flexibility index (Phi) is 3.47. The zero-order valence-corrected chi connectivity index (χ0v) is 10.4. The molecule has 0 saturated heterocycles. The standard InChI is InChI=1S/C11H11ClN4O2/c1-2-15(11(17)18)9-7-16(14-10(9)12)8-4-3-5-13-6-8/h3-7H,2H2,1H3,(H,17,18).